The van der Waals surface area contributed by atoms with Crippen LogP contribution in [0, 0.1) is 0 Å². The maximum absolute atomic E-state index is 11.6. The van der Waals surface area contributed by atoms with Crippen molar-refractivity contribution in [1.82, 2.24) is 10.3 Å². The number of nitrogens with one attached hydrogen (secondary N) is 1. The second-order valence-electron chi connectivity index (χ2n) is 4.94. The van der Waals surface area contributed by atoms with Crippen LogP contribution >= 0.6 is 0 Å². The second-order valence-corrected chi connectivity index (χ2v) is 4.94. The van der Waals surface area contributed by atoms with Crippen molar-refractivity contribution < 1.29 is 9.53 Å². The topological polar surface area (TPSA) is 51.2 Å². The molecule has 4 nitrogen and oxygen atoms in total. The molecule has 0 fully saturated rings. The average molecular weight is 236 g/mol. The Hall–Kier alpha value is -1.42. The molecule has 1 heterocycles. The van der Waals surface area contributed by atoms with Crippen molar-refractivity contribution >= 4 is 5.91 Å². The molecule has 1 aromatic rings. The van der Waals surface area contributed by atoms with E-state index in [1.54, 1.807) is 6.20 Å². The second kappa shape index (κ2) is 5.77. The standard InChI is InChI=1S/C13H20N2O2/c1-10(11-7-5-6-8-14-11)15-12(16)9-17-13(2,3)4/h5-8,10H,9H2,1-4H3,(H,15,16)/t10-/m0/s1. The quantitative estimate of drug-likeness (QED) is 0.870. The highest BCUT2D eigenvalue weighted by molar-refractivity contribution is 5.77. The highest BCUT2D eigenvalue weighted by Gasteiger charge is 2.15. The monoisotopic (exact) mass is 236 g/mol. The van der Waals surface area contributed by atoms with Gasteiger partial charge in [0.25, 0.3) is 0 Å². The van der Waals surface area contributed by atoms with Gasteiger partial charge in [-0.3, -0.25) is 9.78 Å². The molecule has 0 aliphatic heterocycles. The van der Waals surface area contributed by atoms with Crippen LogP contribution in [0.5, 0.6) is 0 Å². The highest BCUT2D eigenvalue weighted by atomic mass is 16.5. The minimum absolute atomic E-state index is 0.0701. The maximum atomic E-state index is 11.6. The van der Waals surface area contributed by atoms with Gasteiger partial charge in [-0.2, -0.15) is 0 Å². The predicted octanol–water partition coefficient (Wildman–Crippen LogP) is 2.07. The van der Waals surface area contributed by atoms with Gasteiger partial charge >= 0.3 is 0 Å². The van der Waals surface area contributed by atoms with Gasteiger partial charge < -0.3 is 10.1 Å². The summed E-state index contributed by atoms with van der Waals surface area (Å²) >= 11 is 0. The van der Waals surface area contributed by atoms with E-state index in [-0.39, 0.29) is 24.2 Å². The van der Waals surface area contributed by atoms with E-state index >= 15 is 0 Å². The molecule has 0 radical (unpaired) electrons. The average Bonchev–Trinajstić information content (AvgIpc) is 2.27. The van der Waals surface area contributed by atoms with Gasteiger partial charge in [0.1, 0.15) is 6.61 Å². The number of amides is 1. The molecule has 0 aliphatic carbocycles. The van der Waals surface area contributed by atoms with Crippen LogP contribution < -0.4 is 5.32 Å². The van der Waals surface area contributed by atoms with Gasteiger partial charge in [0.05, 0.1) is 17.3 Å². The molecule has 1 aromatic heterocycles. The molecule has 1 rings (SSSR count). The Morgan fingerprint density at radius 2 is 2.18 bits per heavy atom. The van der Waals surface area contributed by atoms with Crippen molar-refractivity contribution in [1.29, 1.82) is 0 Å². The van der Waals surface area contributed by atoms with E-state index < -0.39 is 0 Å². The Kier molecular flexibility index (Phi) is 4.63. The first kappa shape index (κ1) is 13.6. The minimum Gasteiger partial charge on any atom is -0.366 e. The first-order valence-corrected chi connectivity index (χ1v) is 5.73. The van der Waals surface area contributed by atoms with Crippen LogP contribution in [0.4, 0.5) is 0 Å². The first-order valence-electron chi connectivity index (χ1n) is 5.73. The Balaban J connectivity index is 2.42. The number of carbonyl (C=O) groups excluding carboxylic acids is 1. The molecule has 0 saturated heterocycles. The van der Waals surface area contributed by atoms with Gasteiger partial charge in [0.2, 0.25) is 5.91 Å². The summed E-state index contributed by atoms with van der Waals surface area (Å²) in [6, 6.07) is 5.53. The smallest absolute Gasteiger partial charge is 0.246 e. The van der Waals surface area contributed by atoms with Crippen LogP contribution in [0.1, 0.15) is 39.4 Å². The predicted molar refractivity (Wildman–Crippen MR) is 66.5 cm³/mol. The Morgan fingerprint density at radius 1 is 1.47 bits per heavy atom. The third kappa shape index (κ3) is 5.45. The summed E-state index contributed by atoms with van der Waals surface area (Å²) in [5.41, 5.74) is 0.544. The van der Waals surface area contributed by atoms with Gasteiger partial charge in [-0.1, -0.05) is 6.07 Å². The normalized spacial score (nSPS) is 13.2. The Morgan fingerprint density at radius 3 is 2.71 bits per heavy atom. The summed E-state index contributed by atoms with van der Waals surface area (Å²) in [5, 5.41) is 2.84. The van der Waals surface area contributed by atoms with Crippen molar-refractivity contribution in [2.75, 3.05) is 6.61 Å². The van der Waals surface area contributed by atoms with Gasteiger partial charge in [-0.15, -0.1) is 0 Å². The summed E-state index contributed by atoms with van der Waals surface area (Å²) in [6.45, 7) is 7.73. The summed E-state index contributed by atoms with van der Waals surface area (Å²) in [5.74, 6) is -0.127. The van der Waals surface area contributed by atoms with E-state index in [1.165, 1.54) is 0 Å². The molecular weight excluding hydrogens is 216 g/mol. The maximum Gasteiger partial charge on any atom is 0.246 e. The molecule has 0 saturated carbocycles. The lowest BCUT2D eigenvalue weighted by molar-refractivity contribution is -0.131. The zero-order chi connectivity index (χ0) is 12.9. The van der Waals surface area contributed by atoms with Crippen LogP contribution in [0.25, 0.3) is 0 Å². The molecule has 1 atom stereocenters. The molecule has 1 amide bonds. The summed E-state index contributed by atoms with van der Waals surface area (Å²) < 4.78 is 5.40. The van der Waals surface area contributed by atoms with Crippen LogP contribution in [-0.4, -0.2) is 23.1 Å². The van der Waals surface area contributed by atoms with Crippen molar-refractivity contribution in [3.8, 4) is 0 Å². The fraction of sp³-hybridized carbons (Fsp3) is 0.538. The molecule has 0 aromatic carbocycles. The lowest BCUT2D eigenvalue weighted by atomic mass is 10.2. The molecule has 94 valence electrons. The van der Waals surface area contributed by atoms with Gasteiger partial charge in [-0.05, 0) is 39.8 Å². The molecular formula is C13H20N2O2. The molecule has 4 heteroatoms. The number of pyridine rings is 1. The summed E-state index contributed by atoms with van der Waals surface area (Å²) in [7, 11) is 0. The Bertz CT molecular complexity index is 357. The van der Waals surface area contributed by atoms with E-state index in [0.717, 1.165) is 5.69 Å². The van der Waals surface area contributed by atoms with Crippen molar-refractivity contribution in [3.63, 3.8) is 0 Å². The number of aromatic nitrogens is 1. The van der Waals surface area contributed by atoms with E-state index in [9.17, 15) is 4.79 Å². The number of rotatable bonds is 4. The third-order valence-electron chi connectivity index (χ3n) is 2.15. The number of carbonyl (C=O) groups is 1. The van der Waals surface area contributed by atoms with Crippen molar-refractivity contribution in [2.24, 2.45) is 0 Å². The molecule has 17 heavy (non-hydrogen) atoms. The van der Waals surface area contributed by atoms with Crippen LogP contribution in [0.3, 0.4) is 0 Å². The van der Waals surface area contributed by atoms with E-state index in [4.69, 9.17) is 4.74 Å². The Labute approximate surface area is 102 Å². The molecule has 0 spiro atoms. The molecule has 0 unspecified atom stereocenters. The van der Waals surface area contributed by atoms with Crippen LogP contribution in [0.2, 0.25) is 0 Å². The van der Waals surface area contributed by atoms with E-state index in [2.05, 4.69) is 10.3 Å². The lowest BCUT2D eigenvalue weighted by Crippen LogP contribution is -2.33. The first-order chi connectivity index (χ1) is 7.88. The molecule has 1 N–H and O–H groups in total. The minimum atomic E-state index is -0.300. The van der Waals surface area contributed by atoms with Crippen molar-refractivity contribution in [3.05, 3.63) is 30.1 Å². The van der Waals surface area contributed by atoms with Gasteiger partial charge in [0, 0.05) is 6.20 Å². The van der Waals surface area contributed by atoms with Crippen LogP contribution in [-0.2, 0) is 9.53 Å². The molecule has 0 aliphatic rings. The summed E-state index contributed by atoms with van der Waals surface area (Å²) in [6.07, 6.45) is 1.71. The van der Waals surface area contributed by atoms with Crippen molar-refractivity contribution in [2.45, 2.75) is 39.3 Å². The highest BCUT2D eigenvalue weighted by Crippen LogP contribution is 2.09. The number of nitrogens with zero attached hydrogens (tertiary/aromatic N) is 1. The fourth-order valence-corrected chi connectivity index (χ4v) is 1.27. The number of ether oxygens (including phenoxy) is 1. The zero-order valence-electron chi connectivity index (χ0n) is 10.9. The fourth-order valence-electron chi connectivity index (χ4n) is 1.27. The lowest BCUT2D eigenvalue weighted by Gasteiger charge is -2.20. The van der Waals surface area contributed by atoms with E-state index in [0.29, 0.717) is 0 Å². The zero-order valence-corrected chi connectivity index (χ0v) is 10.9. The van der Waals surface area contributed by atoms with Crippen LogP contribution in [0.15, 0.2) is 24.4 Å². The largest absolute Gasteiger partial charge is 0.366 e. The molecule has 0 bridgehead atoms. The SMILES string of the molecule is C[C@H](NC(=O)COC(C)(C)C)c1ccccn1. The third-order valence-corrected chi connectivity index (χ3v) is 2.15. The number of hydrogen-bond donors (Lipinski definition) is 1. The van der Waals surface area contributed by atoms with Gasteiger partial charge in [0.15, 0.2) is 0 Å². The summed E-state index contributed by atoms with van der Waals surface area (Å²) in [4.78, 5) is 15.8. The van der Waals surface area contributed by atoms with Gasteiger partial charge in [-0.25, -0.2) is 0 Å². The number of hydrogen-bond acceptors (Lipinski definition) is 3. The van der Waals surface area contributed by atoms with E-state index in [1.807, 2.05) is 45.9 Å².